The Morgan fingerprint density at radius 1 is 1.14 bits per heavy atom. The van der Waals surface area contributed by atoms with Gasteiger partial charge in [-0.05, 0) is 42.8 Å². The second kappa shape index (κ2) is 6.17. The molecule has 0 saturated heterocycles. The molecule has 0 aromatic heterocycles. The predicted octanol–water partition coefficient (Wildman–Crippen LogP) is 3.29. The van der Waals surface area contributed by atoms with Gasteiger partial charge in [-0.1, -0.05) is 12.1 Å². The summed E-state index contributed by atoms with van der Waals surface area (Å²) in [5.41, 5.74) is 9.88. The van der Waals surface area contributed by atoms with Crippen LogP contribution < -0.4 is 21.3 Å². The molecule has 2 rings (SSSR count). The van der Waals surface area contributed by atoms with Crippen LogP contribution in [0.4, 0.5) is 27.5 Å². The van der Waals surface area contributed by atoms with Gasteiger partial charge >= 0.3 is 6.03 Å². The number of nitrogens with one attached hydrogen (secondary N) is 2. The minimum absolute atomic E-state index is 0.211. The first-order chi connectivity index (χ1) is 10.0. The monoisotopic (exact) mass is 284 g/mol. The Labute approximate surface area is 124 Å². The molecular weight excluding hydrogens is 264 g/mol. The summed E-state index contributed by atoms with van der Waals surface area (Å²) in [6.45, 7) is 1.96. The van der Waals surface area contributed by atoms with Crippen LogP contribution in [0.5, 0.6) is 0 Å². The Kier molecular flexibility index (Phi) is 4.33. The summed E-state index contributed by atoms with van der Waals surface area (Å²) in [5, 5.41) is 6.00. The van der Waals surface area contributed by atoms with E-state index in [0.29, 0.717) is 5.69 Å². The number of nitrogen functional groups attached to an aromatic ring is 1. The van der Waals surface area contributed by atoms with Crippen molar-refractivity contribution in [1.29, 1.82) is 0 Å². The van der Waals surface area contributed by atoms with Gasteiger partial charge in [0.2, 0.25) is 0 Å². The summed E-state index contributed by atoms with van der Waals surface area (Å²) in [6.07, 6.45) is 0. The number of rotatable bonds is 3. The number of anilines is 4. The highest BCUT2D eigenvalue weighted by atomic mass is 16.2. The molecule has 21 heavy (non-hydrogen) atoms. The van der Waals surface area contributed by atoms with Crippen LogP contribution in [-0.2, 0) is 0 Å². The van der Waals surface area contributed by atoms with Crippen molar-refractivity contribution in [3.63, 3.8) is 0 Å². The topological polar surface area (TPSA) is 70.4 Å². The molecule has 2 aromatic rings. The quantitative estimate of drug-likeness (QED) is 0.757. The molecule has 0 saturated carbocycles. The molecule has 0 atom stereocenters. The highest BCUT2D eigenvalue weighted by Crippen LogP contribution is 2.24. The fraction of sp³-hybridized carbons (Fsp3) is 0.188. The molecular formula is C16H20N4O. The molecule has 0 fully saturated rings. The SMILES string of the molecule is CNc1cccc(NC(=O)N(C)c2cccc(N)c2)c1C. The summed E-state index contributed by atoms with van der Waals surface area (Å²) >= 11 is 0. The van der Waals surface area contributed by atoms with Crippen molar-refractivity contribution in [2.24, 2.45) is 0 Å². The molecule has 0 aliphatic carbocycles. The molecule has 2 aromatic carbocycles. The van der Waals surface area contributed by atoms with Gasteiger partial charge in [0.05, 0.1) is 0 Å². The lowest BCUT2D eigenvalue weighted by Gasteiger charge is -2.20. The van der Waals surface area contributed by atoms with Crippen LogP contribution in [0.2, 0.25) is 0 Å². The molecule has 0 spiro atoms. The van der Waals surface area contributed by atoms with E-state index in [4.69, 9.17) is 5.73 Å². The van der Waals surface area contributed by atoms with E-state index in [9.17, 15) is 4.79 Å². The van der Waals surface area contributed by atoms with E-state index < -0.39 is 0 Å². The van der Waals surface area contributed by atoms with Crippen LogP contribution in [0.3, 0.4) is 0 Å². The highest BCUT2D eigenvalue weighted by Gasteiger charge is 2.13. The van der Waals surface area contributed by atoms with Gasteiger partial charge in [0.15, 0.2) is 0 Å². The third kappa shape index (κ3) is 3.25. The molecule has 0 bridgehead atoms. The Bertz CT molecular complexity index is 654. The van der Waals surface area contributed by atoms with Crippen LogP contribution >= 0.6 is 0 Å². The van der Waals surface area contributed by atoms with Crippen molar-refractivity contribution in [1.82, 2.24) is 0 Å². The Morgan fingerprint density at radius 3 is 2.48 bits per heavy atom. The third-order valence-electron chi connectivity index (χ3n) is 3.41. The number of benzene rings is 2. The maximum absolute atomic E-state index is 12.3. The maximum atomic E-state index is 12.3. The summed E-state index contributed by atoms with van der Waals surface area (Å²) in [6, 6.07) is 12.7. The predicted molar refractivity (Wildman–Crippen MR) is 89.0 cm³/mol. The number of nitrogens with zero attached hydrogens (tertiary/aromatic N) is 1. The van der Waals surface area contributed by atoms with Crippen LogP contribution in [0.15, 0.2) is 42.5 Å². The largest absolute Gasteiger partial charge is 0.399 e. The highest BCUT2D eigenvalue weighted by molar-refractivity contribution is 6.02. The summed E-state index contributed by atoms with van der Waals surface area (Å²) in [4.78, 5) is 13.9. The molecule has 0 aliphatic rings. The Hall–Kier alpha value is -2.69. The van der Waals surface area contributed by atoms with Crippen LogP contribution in [0.25, 0.3) is 0 Å². The van der Waals surface area contributed by atoms with Gasteiger partial charge < -0.3 is 16.4 Å². The fourth-order valence-corrected chi connectivity index (χ4v) is 2.09. The van der Waals surface area contributed by atoms with Crippen molar-refractivity contribution in [3.8, 4) is 0 Å². The average molecular weight is 284 g/mol. The lowest BCUT2D eigenvalue weighted by Crippen LogP contribution is -2.31. The number of hydrogen-bond acceptors (Lipinski definition) is 3. The summed E-state index contributed by atoms with van der Waals surface area (Å²) in [5.74, 6) is 0. The lowest BCUT2D eigenvalue weighted by molar-refractivity contribution is 0.258. The number of nitrogens with two attached hydrogens (primary N) is 1. The first kappa shape index (κ1) is 14.7. The second-order valence-electron chi connectivity index (χ2n) is 4.81. The van der Waals surface area contributed by atoms with Crippen LogP contribution in [0.1, 0.15) is 5.56 Å². The standard InChI is InChI=1S/C16H20N4O/c1-11-14(18-2)8-5-9-15(11)19-16(21)20(3)13-7-4-6-12(17)10-13/h4-10,18H,17H2,1-3H3,(H,19,21). The number of carbonyl (C=O) groups excluding carboxylic acids is 1. The zero-order chi connectivity index (χ0) is 15.4. The molecule has 0 aliphatic heterocycles. The third-order valence-corrected chi connectivity index (χ3v) is 3.41. The van der Waals surface area contributed by atoms with E-state index in [2.05, 4.69) is 10.6 Å². The van der Waals surface area contributed by atoms with Crippen molar-refractivity contribution in [2.75, 3.05) is 35.4 Å². The van der Waals surface area contributed by atoms with Gasteiger partial charge in [0.25, 0.3) is 0 Å². The van der Waals surface area contributed by atoms with Crippen molar-refractivity contribution in [2.45, 2.75) is 6.92 Å². The van der Waals surface area contributed by atoms with Crippen molar-refractivity contribution in [3.05, 3.63) is 48.0 Å². The number of urea groups is 1. The van der Waals surface area contributed by atoms with Crippen LogP contribution in [-0.4, -0.2) is 20.1 Å². The molecule has 5 heteroatoms. The van der Waals surface area contributed by atoms with Crippen LogP contribution in [0, 0.1) is 6.92 Å². The Morgan fingerprint density at radius 2 is 1.81 bits per heavy atom. The van der Waals surface area contributed by atoms with Gasteiger partial charge in [-0.25, -0.2) is 4.79 Å². The summed E-state index contributed by atoms with van der Waals surface area (Å²) < 4.78 is 0. The number of carbonyl (C=O) groups is 1. The minimum Gasteiger partial charge on any atom is -0.399 e. The maximum Gasteiger partial charge on any atom is 0.326 e. The average Bonchev–Trinajstić information content (AvgIpc) is 2.48. The van der Waals surface area contributed by atoms with E-state index in [0.717, 1.165) is 22.6 Å². The molecule has 0 unspecified atom stereocenters. The normalized spacial score (nSPS) is 10.0. The lowest BCUT2D eigenvalue weighted by atomic mass is 10.1. The molecule has 2 amide bonds. The van der Waals surface area contributed by atoms with Gasteiger partial charge in [0, 0.05) is 36.8 Å². The van der Waals surface area contributed by atoms with Crippen molar-refractivity contribution < 1.29 is 4.79 Å². The van der Waals surface area contributed by atoms with E-state index in [1.165, 1.54) is 4.90 Å². The smallest absolute Gasteiger partial charge is 0.326 e. The molecule has 0 heterocycles. The number of amides is 2. The molecule has 0 radical (unpaired) electrons. The van der Waals surface area contributed by atoms with Gasteiger partial charge in [0.1, 0.15) is 0 Å². The first-order valence-electron chi connectivity index (χ1n) is 6.70. The second-order valence-corrected chi connectivity index (χ2v) is 4.81. The zero-order valence-corrected chi connectivity index (χ0v) is 12.5. The van der Waals surface area contributed by atoms with E-state index in [1.54, 1.807) is 19.2 Å². The van der Waals surface area contributed by atoms with Gasteiger partial charge in [-0.3, -0.25) is 4.90 Å². The van der Waals surface area contributed by atoms with E-state index in [1.807, 2.05) is 44.3 Å². The molecule has 4 N–H and O–H groups in total. The Balaban J connectivity index is 2.18. The first-order valence-corrected chi connectivity index (χ1v) is 6.70. The summed E-state index contributed by atoms with van der Waals surface area (Å²) in [7, 11) is 3.56. The number of hydrogen-bond donors (Lipinski definition) is 3. The molecule has 5 nitrogen and oxygen atoms in total. The molecule has 110 valence electrons. The zero-order valence-electron chi connectivity index (χ0n) is 12.5. The fourth-order valence-electron chi connectivity index (χ4n) is 2.09. The van der Waals surface area contributed by atoms with E-state index >= 15 is 0 Å². The van der Waals surface area contributed by atoms with E-state index in [-0.39, 0.29) is 6.03 Å². The van der Waals surface area contributed by atoms with Gasteiger partial charge in [-0.15, -0.1) is 0 Å². The van der Waals surface area contributed by atoms with Gasteiger partial charge in [-0.2, -0.15) is 0 Å². The minimum atomic E-state index is -0.211. The van der Waals surface area contributed by atoms with Crippen molar-refractivity contribution >= 4 is 28.8 Å².